The molecule has 0 radical (unpaired) electrons. The Bertz CT molecular complexity index is 1420. The molecule has 0 aliphatic carbocycles. The summed E-state index contributed by atoms with van der Waals surface area (Å²) < 4.78 is 4.98. The standard InChI is InChI=1S/C25H21N5O5/c1-35-18-9-10-21(23(14-18)30(33)34)29-25(32)12-11-24(31)27-17-6-4-5-16(13-17)22-15-26-19-7-2-3-8-20(19)28-22/h2-10,13-15H,11-12H2,1H3,(H,27,31)(H,29,32). The molecule has 0 unspecified atom stereocenters. The van der Waals surface area contributed by atoms with Crippen LogP contribution in [-0.4, -0.2) is 33.8 Å². The lowest BCUT2D eigenvalue weighted by atomic mass is 10.1. The summed E-state index contributed by atoms with van der Waals surface area (Å²) in [6, 6.07) is 18.8. The number of amides is 2. The van der Waals surface area contributed by atoms with E-state index in [4.69, 9.17) is 4.74 Å². The number of carbonyl (C=O) groups is 2. The van der Waals surface area contributed by atoms with E-state index in [1.165, 1.54) is 25.3 Å². The van der Waals surface area contributed by atoms with Crippen LogP contribution in [0.1, 0.15) is 12.8 Å². The number of hydrogen-bond donors (Lipinski definition) is 2. The Morgan fingerprint density at radius 2 is 1.69 bits per heavy atom. The van der Waals surface area contributed by atoms with Crippen LogP contribution in [0.15, 0.2) is 72.9 Å². The van der Waals surface area contributed by atoms with Crippen molar-refractivity contribution in [2.24, 2.45) is 0 Å². The molecule has 10 nitrogen and oxygen atoms in total. The number of ether oxygens (including phenoxy) is 1. The monoisotopic (exact) mass is 471 g/mol. The first-order valence-corrected chi connectivity index (χ1v) is 10.7. The maximum absolute atomic E-state index is 12.4. The number of hydrogen-bond acceptors (Lipinski definition) is 7. The predicted molar refractivity (Wildman–Crippen MR) is 131 cm³/mol. The van der Waals surface area contributed by atoms with E-state index in [-0.39, 0.29) is 30.1 Å². The number of methoxy groups -OCH3 is 1. The molecule has 4 rings (SSSR count). The van der Waals surface area contributed by atoms with Gasteiger partial charge in [0.05, 0.1) is 41.0 Å². The number of carbonyl (C=O) groups excluding carboxylic acids is 2. The number of benzene rings is 3. The summed E-state index contributed by atoms with van der Waals surface area (Å²) in [5.74, 6) is -0.592. The third-order valence-electron chi connectivity index (χ3n) is 5.15. The quantitative estimate of drug-likeness (QED) is 0.284. The molecule has 35 heavy (non-hydrogen) atoms. The molecular weight excluding hydrogens is 450 g/mol. The molecular formula is C25H21N5O5. The lowest BCUT2D eigenvalue weighted by Gasteiger charge is -2.09. The van der Waals surface area contributed by atoms with Crippen LogP contribution >= 0.6 is 0 Å². The van der Waals surface area contributed by atoms with Crippen molar-refractivity contribution in [2.75, 3.05) is 17.7 Å². The van der Waals surface area contributed by atoms with Crippen LogP contribution in [0.5, 0.6) is 5.75 Å². The summed E-state index contributed by atoms with van der Waals surface area (Å²) in [6.07, 6.45) is 1.42. The number of fused-ring (bicyclic) bond motifs is 1. The van der Waals surface area contributed by atoms with Crippen LogP contribution in [0.3, 0.4) is 0 Å². The first-order valence-electron chi connectivity index (χ1n) is 10.7. The topological polar surface area (TPSA) is 136 Å². The van der Waals surface area contributed by atoms with Crippen LogP contribution in [0.25, 0.3) is 22.3 Å². The van der Waals surface area contributed by atoms with Gasteiger partial charge in [0.2, 0.25) is 11.8 Å². The zero-order valence-electron chi connectivity index (χ0n) is 18.7. The zero-order chi connectivity index (χ0) is 24.8. The molecule has 10 heteroatoms. The first-order chi connectivity index (χ1) is 16.9. The molecule has 2 amide bonds. The molecule has 0 fully saturated rings. The number of rotatable bonds is 8. The van der Waals surface area contributed by atoms with Gasteiger partial charge >= 0.3 is 0 Å². The zero-order valence-corrected chi connectivity index (χ0v) is 18.7. The highest BCUT2D eigenvalue weighted by Crippen LogP contribution is 2.29. The minimum atomic E-state index is -0.613. The second-order valence-electron chi connectivity index (χ2n) is 7.56. The molecule has 0 saturated heterocycles. The summed E-state index contributed by atoms with van der Waals surface area (Å²) in [7, 11) is 1.39. The maximum atomic E-state index is 12.4. The van der Waals surface area contributed by atoms with Crippen LogP contribution in [0.4, 0.5) is 17.1 Å². The van der Waals surface area contributed by atoms with Crippen LogP contribution < -0.4 is 15.4 Å². The molecule has 0 atom stereocenters. The van der Waals surface area contributed by atoms with E-state index in [1.807, 2.05) is 30.3 Å². The molecule has 1 heterocycles. The minimum Gasteiger partial charge on any atom is -0.496 e. The van der Waals surface area contributed by atoms with E-state index in [2.05, 4.69) is 20.6 Å². The summed E-state index contributed by atoms with van der Waals surface area (Å²) in [5, 5.41) is 16.5. The number of nitro groups is 1. The Morgan fingerprint density at radius 3 is 2.43 bits per heavy atom. The molecule has 0 bridgehead atoms. The smallest absolute Gasteiger partial charge is 0.296 e. The SMILES string of the molecule is COc1ccc(NC(=O)CCC(=O)Nc2cccc(-c3cnc4ccccc4n3)c2)c([N+](=O)[O-])c1. The van der Waals surface area contributed by atoms with Gasteiger partial charge in [-0.2, -0.15) is 0 Å². The molecule has 1 aromatic heterocycles. The van der Waals surface area contributed by atoms with Crippen molar-refractivity contribution < 1.29 is 19.2 Å². The van der Waals surface area contributed by atoms with E-state index in [1.54, 1.807) is 24.4 Å². The molecule has 2 N–H and O–H groups in total. The van der Waals surface area contributed by atoms with Gasteiger partial charge < -0.3 is 15.4 Å². The van der Waals surface area contributed by atoms with Gasteiger partial charge in [-0.25, -0.2) is 4.98 Å². The van der Waals surface area contributed by atoms with Gasteiger partial charge in [-0.1, -0.05) is 24.3 Å². The molecule has 0 aliphatic rings. The van der Waals surface area contributed by atoms with Gasteiger partial charge in [0, 0.05) is 24.1 Å². The summed E-state index contributed by atoms with van der Waals surface area (Å²) in [4.78, 5) is 44.4. The fourth-order valence-electron chi connectivity index (χ4n) is 3.41. The number of anilines is 2. The average Bonchev–Trinajstić information content (AvgIpc) is 2.87. The molecule has 0 spiro atoms. The third-order valence-corrected chi connectivity index (χ3v) is 5.15. The Morgan fingerprint density at radius 1 is 0.943 bits per heavy atom. The van der Waals surface area contributed by atoms with Crippen molar-refractivity contribution in [1.82, 2.24) is 9.97 Å². The van der Waals surface area contributed by atoms with Gasteiger partial charge in [-0.05, 0) is 36.4 Å². The molecule has 3 aromatic carbocycles. The van der Waals surface area contributed by atoms with E-state index in [9.17, 15) is 19.7 Å². The van der Waals surface area contributed by atoms with Crippen LogP contribution in [0, 0.1) is 10.1 Å². The van der Waals surface area contributed by atoms with Gasteiger partial charge in [-0.15, -0.1) is 0 Å². The van der Waals surface area contributed by atoms with E-state index in [0.29, 0.717) is 17.1 Å². The Kier molecular flexibility index (Phi) is 6.91. The lowest BCUT2D eigenvalue weighted by Crippen LogP contribution is -2.17. The van der Waals surface area contributed by atoms with Crippen molar-refractivity contribution in [1.29, 1.82) is 0 Å². The normalized spacial score (nSPS) is 10.5. The summed E-state index contributed by atoms with van der Waals surface area (Å²) in [5.41, 5.74) is 3.29. The van der Waals surface area contributed by atoms with Gasteiger partial charge in [-0.3, -0.25) is 24.7 Å². The molecule has 0 aliphatic heterocycles. The largest absolute Gasteiger partial charge is 0.496 e. The van der Waals surface area contributed by atoms with Crippen molar-refractivity contribution in [3.63, 3.8) is 0 Å². The van der Waals surface area contributed by atoms with Crippen molar-refractivity contribution in [3.8, 4) is 17.0 Å². The third kappa shape index (κ3) is 5.74. The number of para-hydroxylation sites is 2. The van der Waals surface area contributed by atoms with Crippen LogP contribution in [-0.2, 0) is 9.59 Å². The Labute approximate surface area is 200 Å². The lowest BCUT2D eigenvalue weighted by molar-refractivity contribution is -0.384. The highest BCUT2D eigenvalue weighted by Gasteiger charge is 2.18. The summed E-state index contributed by atoms with van der Waals surface area (Å²) in [6.45, 7) is 0. The van der Waals surface area contributed by atoms with Crippen molar-refractivity contribution >= 4 is 39.9 Å². The number of aromatic nitrogens is 2. The molecule has 0 saturated carbocycles. The molecule has 4 aromatic rings. The van der Waals surface area contributed by atoms with Gasteiger partial charge in [0.15, 0.2) is 0 Å². The van der Waals surface area contributed by atoms with E-state index >= 15 is 0 Å². The minimum absolute atomic E-state index is 0.0328. The second-order valence-corrected chi connectivity index (χ2v) is 7.56. The van der Waals surface area contributed by atoms with Crippen molar-refractivity contribution in [3.05, 3.63) is 83.0 Å². The molecule has 176 valence electrons. The summed E-state index contributed by atoms with van der Waals surface area (Å²) >= 11 is 0. The average molecular weight is 471 g/mol. The predicted octanol–water partition coefficient (Wildman–Crippen LogP) is 4.57. The maximum Gasteiger partial charge on any atom is 0.296 e. The van der Waals surface area contributed by atoms with Gasteiger partial charge in [0.25, 0.3) is 5.69 Å². The highest BCUT2D eigenvalue weighted by molar-refractivity contribution is 5.98. The van der Waals surface area contributed by atoms with Crippen molar-refractivity contribution in [2.45, 2.75) is 12.8 Å². The number of nitro benzene ring substituents is 1. The number of nitrogens with one attached hydrogen (secondary N) is 2. The van der Waals surface area contributed by atoms with E-state index < -0.39 is 10.8 Å². The fourth-order valence-corrected chi connectivity index (χ4v) is 3.41. The Balaban J connectivity index is 1.37. The highest BCUT2D eigenvalue weighted by atomic mass is 16.6. The van der Waals surface area contributed by atoms with Crippen LogP contribution in [0.2, 0.25) is 0 Å². The Hall–Kier alpha value is -4.86. The van der Waals surface area contributed by atoms with Gasteiger partial charge in [0.1, 0.15) is 11.4 Å². The second kappa shape index (κ2) is 10.4. The first kappa shape index (κ1) is 23.3. The van der Waals surface area contributed by atoms with E-state index in [0.717, 1.165) is 16.6 Å². The number of nitrogens with zero attached hydrogens (tertiary/aromatic N) is 3. The fraction of sp³-hybridized carbons (Fsp3) is 0.120.